The molecule has 1 heterocycles. The molecular weight excluding hydrogens is 178 g/mol. The average Bonchev–Trinajstić information content (AvgIpc) is 2.56. The van der Waals surface area contributed by atoms with Crippen LogP contribution < -0.4 is 5.32 Å². The first-order valence-corrected chi connectivity index (χ1v) is 4.93. The van der Waals surface area contributed by atoms with E-state index in [2.05, 4.69) is 5.32 Å². The van der Waals surface area contributed by atoms with Gasteiger partial charge >= 0.3 is 0 Å². The van der Waals surface area contributed by atoms with E-state index in [0.717, 1.165) is 18.5 Å². The van der Waals surface area contributed by atoms with Crippen LogP contribution in [-0.2, 0) is 6.42 Å². The summed E-state index contributed by atoms with van der Waals surface area (Å²) in [6.07, 6.45) is 0.454. The van der Waals surface area contributed by atoms with Gasteiger partial charge in [0.2, 0.25) is 0 Å². The van der Waals surface area contributed by atoms with Gasteiger partial charge in [0, 0.05) is 19.0 Å². The Bertz CT molecular complexity index is 314. The second kappa shape index (κ2) is 3.98. The topological polar surface area (TPSA) is 52.5 Å². The number of aliphatic hydroxyl groups excluding tert-OH is 1. The van der Waals surface area contributed by atoms with Crippen molar-refractivity contribution in [1.82, 2.24) is 5.32 Å². The van der Waals surface area contributed by atoms with Gasteiger partial charge in [0.25, 0.3) is 0 Å². The zero-order valence-electron chi connectivity index (χ0n) is 7.98. The highest BCUT2D eigenvalue weighted by atomic mass is 16.3. The van der Waals surface area contributed by atoms with Gasteiger partial charge in [0.15, 0.2) is 0 Å². The fourth-order valence-electron chi connectivity index (χ4n) is 1.89. The van der Waals surface area contributed by atoms with E-state index < -0.39 is 0 Å². The summed E-state index contributed by atoms with van der Waals surface area (Å²) >= 11 is 0. The quantitative estimate of drug-likeness (QED) is 0.641. The lowest BCUT2D eigenvalue weighted by Gasteiger charge is -2.13. The third kappa shape index (κ3) is 1.89. The monoisotopic (exact) mass is 193 g/mol. The minimum Gasteiger partial charge on any atom is -0.508 e. The number of para-hydroxylation sites is 1. The molecule has 76 valence electrons. The van der Waals surface area contributed by atoms with E-state index in [4.69, 9.17) is 0 Å². The minimum atomic E-state index is -0.283. The zero-order chi connectivity index (χ0) is 9.97. The van der Waals surface area contributed by atoms with Crippen LogP contribution in [0.1, 0.15) is 5.56 Å². The Morgan fingerprint density at radius 1 is 1.29 bits per heavy atom. The Morgan fingerprint density at radius 2 is 2.07 bits per heavy atom. The maximum Gasteiger partial charge on any atom is 0.118 e. The first kappa shape index (κ1) is 9.49. The Hall–Kier alpha value is -1.06. The highest BCUT2D eigenvalue weighted by molar-refractivity contribution is 5.32. The van der Waals surface area contributed by atoms with Crippen LogP contribution in [0.15, 0.2) is 24.3 Å². The SMILES string of the molecule is Oc1ccccc1CC1CNCC1O. The summed E-state index contributed by atoms with van der Waals surface area (Å²) in [6.45, 7) is 1.49. The van der Waals surface area contributed by atoms with E-state index in [9.17, 15) is 10.2 Å². The van der Waals surface area contributed by atoms with Gasteiger partial charge in [-0.05, 0) is 18.1 Å². The molecule has 1 aliphatic rings. The van der Waals surface area contributed by atoms with Crippen LogP contribution >= 0.6 is 0 Å². The fraction of sp³-hybridized carbons (Fsp3) is 0.455. The van der Waals surface area contributed by atoms with Crippen LogP contribution in [0.3, 0.4) is 0 Å². The molecule has 0 amide bonds. The Kier molecular flexibility index (Phi) is 2.70. The van der Waals surface area contributed by atoms with E-state index in [1.54, 1.807) is 6.07 Å². The van der Waals surface area contributed by atoms with E-state index >= 15 is 0 Å². The lowest BCUT2D eigenvalue weighted by molar-refractivity contribution is 0.147. The number of hydrogen-bond donors (Lipinski definition) is 3. The maximum absolute atomic E-state index is 9.60. The standard InChI is InChI=1S/C11H15NO2/c13-10-4-2-1-3-8(10)5-9-6-12-7-11(9)14/h1-4,9,11-14H,5-7H2. The van der Waals surface area contributed by atoms with Crippen molar-refractivity contribution in [2.45, 2.75) is 12.5 Å². The van der Waals surface area contributed by atoms with Crippen LogP contribution in [0.2, 0.25) is 0 Å². The van der Waals surface area contributed by atoms with E-state index in [1.807, 2.05) is 18.2 Å². The van der Waals surface area contributed by atoms with Gasteiger partial charge in [-0.25, -0.2) is 0 Å². The summed E-state index contributed by atoms with van der Waals surface area (Å²) in [5, 5.41) is 22.3. The molecule has 0 bridgehead atoms. The van der Waals surface area contributed by atoms with Crippen LogP contribution in [0.4, 0.5) is 0 Å². The number of hydrogen-bond acceptors (Lipinski definition) is 3. The average molecular weight is 193 g/mol. The van der Waals surface area contributed by atoms with Crippen molar-refractivity contribution in [3.05, 3.63) is 29.8 Å². The van der Waals surface area contributed by atoms with Gasteiger partial charge in [-0.2, -0.15) is 0 Å². The highest BCUT2D eigenvalue weighted by Crippen LogP contribution is 2.22. The molecule has 2 unspecified atom stereocenters. The van der Waals surface area contributed by atoms with Crippen LogP contribution in [-0.4, -0.2) is 29.4 Å². The molecule has 3 N–H and O–H groups in total. The Balaban J connectivity index is 2.07. The number of β-amino-alcohol motifs (C(OH)–C–C–N with tert-alkyl or cyclic N) is 1. The number of rotatable bonds is 2. The third-order valence-corrected chi connectivity index (χ3v) is 2.78. The van der Waals surface area contributed by atoms with Gasteiger partial charge in [-0.1, -0.05) is 18.2 Å². The molecule has 0 saturated carbocycles. The number of aromatic hydroxyl groups is 1. The van der Waals surface area contributed by atoms with Crippen molar-refractivity contribution in [1.29, 1.82) is 0 Å². The molecule has 2 atom stereocenters. The smallest absolute Gasteiger partial charge is 0.118 e. The van der Waals surface area contributed by atoms with Crippen LogP contribution in [0.25, 0.3) is 0 Å². The summed E-state index contributed by atoms with van der Waals surface area (Å²) in [5.74, 6) is 0.551. The lowest BCUT2D eigenvalue weighted by Crippen LogP contribution is -2.19. The van der Waals surface area contributed by atoms with E-state index in [-0.39, 0.29) is 12.0 Å². The molecule has 1 saturated heterocycles. The molecule has 3 nitrogen and oxygen atoms in total. The molecule has 0 spiro atoms. The van der Waals surface area contributed by atoms with E-state index in [1.165, 1.54) is 0 Å². The molecular formula is C11H15NO2. The molecule has 3 heteroatoms. The first-order chi connectivity index (χ1) is 6.77. The molecule has 1 aromatic carbocycles. The number of aliphatic hydroxyl groups is 1. The van der Waals surface area contributed by atoms with Gasteiger partial charge < -0.3 is 15.5 Å². The zero-order valence-corrected chi connectivity index (χ0v) is 7.98. The van der Waals surface area contributed by atoms with Gasteiger partial charge in [-0.3, -0.25) is 0 Å². The minimum absolute atomic E-state index is 0.225. The number of phenols is 1. The molecule has 1 aromatic rings. The largest absolute Gasteiger partial charge is 0.508 e. The van der Waals surface area contributed by atoms with Crippen molar-refractivity contribution in [3.8, 4) is 5.75 Å². The molecule has 1 aliphatic heterocycles. The summed E-state index contributed by atoms with van der Waals surface area (Å²) in [5.41, 5.74) is 0.917. The van der Waals surface area contributed by atoms with E-state index in [0.29, 0.717) is 12.3 Å². The van der Waals surface area contributed by atoms with Gasteiger partial charge in [-0.15, -0.1) is 0 Å². The maximum atomic E-state index is 9.60. The Morgan fingerprint density at radius 3 is 2.71 bits per heavy atom. The second-order valence-electron chi connectivity index (χ2n) is 3.82. The molecule has 1 fully saturated rings. The number of nitrogens with one attached hydrogen (secondary N) is 1. The van der Waals surface area contributed by atoms with Crippen molar-refractivity contribution >= 4 is 0 Å². The molecule has 2 rings (SSSR count). The highest BCUT2D eigenvalue weighted by Gasteiger charge is 2.25. The Labute approximate surface area is 83.4 Å². The molecule has 14 heavy (non-hydrogen) atoms. The van der Waals surface area contributed by atoms with Crippen molar-refractivity contribution < 1.29 is 10.2 Å². The molecule has 0 radical (unpaired) electrons. The summed E-state index contributed by atoms with van der Waals surface area (Å²) in [7, 11) is 0. The number of phenolic OH excluding ortho intramolecular Hbond substituents is 1. The fourth-order valence-corrected chi connectivity index (χ4v) is 1.89. The van der Waals surface area contributed by atoms with Gasteiger partial charge in [0.1, 0.15) is 5.75 Å². The third-order valence-electron chi connectivity index (χ3n) is 2.78. The second-order valence-corrected chi connectivity index (χ2v) is 3.82. The summed E-state index contributed by atoms with van der Waals surface area (Å²) in [4.78, 5) is 0. The first-order valence-electron chi connectivity index (χ1n) is 4.93. The number of benzene rings is 1. The van der Waals surface area contributed by atoms with Gasteiger partial charge in [0.05, 0.1) is 6.10 Å². The summed E-state index contributed by atoms with van der Waals surface area (Å²) < 4.78 is 0. The van der Waals surface area contributed by atoms with Crippen molar-refractivity contribution in [3.63, 3.8) is 0 Å². The normalized spacial score (nSPS) is 26.6. The predicted octanol–water partition coefficient (Wildman–Crippen LogP) is 0.515. The van der Waals surface area contributed by atoms with Crippen LogP contribution in [0.5, 0.6) is 5.75 Å². The van der Waals surface area contributed by atoms with Crippen molar-refractivity contribution in [2.75, 3.05) is 13.1 Å². The molecule has 0 aromatic heterocycles. The lowest BCUT2D eigenvalue weighted by atomic mass is 9.96. The summed E-state index contributed by atoms with van der Waals surface area (Å²) in [6, 6.07) is 7.30. The molecule has 0 aliphatic carbocycles. The van der Waals surface area contributed by atoms with Crippen molar-refractivity contribution in [2.24, 2.45) is 5.92 Å². The van der Waals surface area contributed by atoms with Crippen LogP contribution in [0, 0.1) is 5.92 Å². The predicted molar refractivity (Wildman–Crippen MR) is 54.2 cm³/mol.